The van der Waals surface area contributed by atoms with Crippen molar-refractivity contribution in [2.24, 2.45) is 0 Å². The highest BCUT2D eigenvalue weighted by atomic mass is 16.6. The van der Waals surface area contributed by atoms with Crippen LogP contribution in [-0.4, -0.2) is 51.6 Å². The van der Waals surface area contributed by atoms with Gasteiger partial charge in [-0.25, -0.2) is 9.59 Å². The standard InChI is InChI=1S/C14H20O6/c1-3-7-17-9-11-19-13(15)5-6-14(16)20-12-10-18-8-4-2/h3-6H,1-2,7-12H2/b6-5+. The van der Waals surface area contributed by atoms with Crippen molar-refractivity contribution < 1.29 is 28.5 Å². The van der Waals surface area contributed by atoms with E-state index in [9.17, 15) is 9.59 Å². The third-order valence-corrected chi connectivity index (χ3v) is 1.77. The first-order valence-electron chi connectivity index (χ1n) is 6.09. The number of carbonyl (C=O) groups is 2. The van der Waals surface area contributed by atoms with Crippen LogP contribution in [0.25, 0.3) is 0 Å². The van der Waals surface area contributed by atoms with Crippen molar-refractivity contribution in [1.82, 2.24) is 0 Å². The highest BCUT2D eigenvalue weighted by Crippen LogP contribution is 1.87. The van der Waals surface area contributed by atoms with E-state index in [1.54, 1.807) is 12.2 Å². The zero-order valence-electron chi connectivity index (χ0n) is 11.4. The second-order valence-electron chi connectivity index (χ2n) is 3.40. The fourth-order valence-electron chi connectivity index (χ4n) is 0.968. The van der Waals surface area contributed by atoms with Crippen LogP contribution in [0.2, 0.25) is 0 Å². The van der Waals surface area contributed by atoms with E-state index in [-0.39, 0.29) is 26.4 Å². The summed E-state index contributed by atoms with van der Waals surface area (Å²) in [6, 6.07) is 0. The van der Waals surface area contributed by atoms with E-state index in [0.29, 0.717) is 13.2 Å². The molecule has 0 unspecified atom stereocenters. The van der Waals surface area contributed by atoms with Gasteiger partial charge in [-0.2, -0.15) is 0 Å². The predicted octanol–water partition coefficient (Wildman–Crippen LogP) is 1.03. The topological polar surface area (TPSA) is 71.1 Å². The Labute approximate surface area is 118 Å². The molecule has 112 valence electrons. The monoisotopic (exact) mass is 284 g/mol. The van der Waals surface area contributed by atoms with E-state index in [4.69, 9.17) is 18.9 Å². The summed E-state index contributed by atoms with van der Waals surface area (Å²) in [5.41, 5.74) is 0. The summed E-state index contributed by atoms with van der Waals surface area (Å²) in [5.74, 6) is -1.26. The quantitative estimate of drug-likeness (QED) is 0.231. The molecular weight excluding hydrogens is 264 g/mol. The molecule has 0 saturated heterocycles. The lowest BCUT2D eigenvalue weighted by molar-refractivity contribution is -0.141. The van der Waals surface area contributed by atoms with Crippen molar-refractivity contribution in [3.05, 3.63) is 37.5 Å². The molecule has 0 spiro atoms. The molecule has 0 bridgehead atoms. The molecule has 0 radical (unpaired) electrons. The lowest BCUT2D eigenvalue weighted by Crippen LogP contribution is -2.11. The van der Waals surface area contributed by atoms with Gasteiger partial charge >= 0.3 is 11.9 Å². The van der Waals surface area contributed by atoms with Crippen molar-refractivity contribution in [1.29, 1.82) is 0 Å². The van der Waals surface area contributed by atoms with Crippen molar-refractivity contribution >= 4 is 11.9 Å². The molecule has 0 fully saturated rings. The maximum atomic E-state index is 11.2. The number of rotatable bonds is 12. The SMILES string of the molecule is C=CCOCCOC(=O)/C=C/C(=O)OCCOCC=C. The summed E-state index contributed by atoms with van der Waals surface area (Å²) in [6.45, 7) is 8.52. The molecule has 0 aliphatic heterocycles. The minimum absolute atomic E-state index is 0.113. The van der Waals surface area contributed by atoms with Crippen LogP contribution in [0.15, 0.2) is 37.5 Å². The number of hydrogen-bond donors (Lipinski definition) is 0. The van der Waals surface area contributed by atoms with Crippen LogP contribution >= 0.6 is 0 Å². The molecule has 0 amide bonds. The molecule has 0 aromatic heterocycles. The molecule has 0 aromatic rings. The van der Waals surface area contributed by atoms with Crippen LogP contribution < -0.4 is 0 Å². The Morgan fingerprint density at radius 2 is 1.15 bits per heavy atom. The number of carbonyl (C=O) groups excluding carboxylic acids is 2. The van der Waals surface area contributed by atoms with E-state index in [0.717, 1.165) is 12.2 Å². The minimum Gasteiger partial charge on any atom is -0.460 e. The third kappa shape index (κ3) is 12.5. The van der Waals surface area contributed by atoms with Gasteiger partial charge in [0.1, 0.15) is 13.2 Å². The summed E-state index contributed by atoms with van der Waals surface area (Å²) < 4.78 is 19.6. The second-order valence-corrected chi connectivity index (χ2v) is 3.40. The maximum Gasteiger partial charge on any atom is 0.331 e. The van der Waals surface area contributed by atoms with E-state index in [2.05, 4.69) is 13.2 Å². The normalized spacial score (nSPS) is 10.2. The lowest BCUT2D eigenvalue weighted by atomic mass is 10.5. The van der Waals surface area contributed by atoms with Crippen molar-refractivity contribution in [2.75, 3.05) is 39.6 Å². The van der Waals surface area contributed by atoms with Crippen LogP contribution in [0.1, 0.15) is 0 Å². The Morgan fingerprint density at radius 3 is 1.50 bits per heavy atom. The molecular formula is C14H20O6. The molecule has 6 heteroatoms. The predicted molar refractivity (Wildman–Crippen MR) is 73.1 cm³/mol. The average Bonchev–Trinajstić information content (AvgIpc) is 2.44. The molecule has 0 N–H and O–H groups in total. The van der Waals surface area contributed by atoms with E-state index >= 15 is 0 Å². The largest absolute Gasteiger partial charge is 0.460 e. The van der Waals surface area contributed by atoms with Crippen molar-refractivity contribution in [3.8, 4) is 0 Å². The Morgan fingerprint density at radius 1 is 0.750 bits per heavy atom. The van der Waals surface area contributed by atoms with Gasteiger partial charge in [0.05, 0.1) is 26.4 Å². The third-order valence-electron chi connectivity index (χ3n) is 1.77. The lowest BCUT2D eigenvalue weighted by Gasteiger charge is -2.02. The highest BCUT2D eigenvalue weighted by Gasteiger charge is 2.00. The Hall–Kier alpha value is -1.92. The zero-order valence-corrected chi connectivity index (χ0v) is 11.4. The highest BCUT2D eigenvalue weighted by molar-refractivity contribution is 5.91. The average molecular weight is 284 g/mol. The molecule has 0 heterocycles. The molecule has 0 aliphatic rings. The van der Waals surface area contributed by atoms with Gasteiger partial charge in [0.25, 0.3) is 0 Å². The molecule has 0 rings (SSSR count). The Balaban J connectivity index is 3.59. The van der Waals surface area contributed by atoms with E-state index in [1.807, 2.05) is 0 Å². The van der Waals surface area contributed by atoms with E-state index in [1.165, 1.54) is 0 Å². The van der Waals surface area contributed by atoms with Gasteiger partial charge in [-0.15, -0.1) is 13.2 Å². The van der Waals surface area contributed by atoms with Gasteiger partial charge in [-0.3, -0.25) is 0 Å². The van der Waals surface area contributed by atoms with Crippen LogP contribution in [0.5, 0.6) is 0 Å². The molecule has 6 nitrogen and oxygen atoms in total. The van der Waals surface area contributed by atoms with Gasteiger partial charge in [0.15, 0.2) is 0 Å². The number of ether oxygens (including phenoxy) is 4. The maximum absolute atomic E-state index is 11.2. The number of hydrogen-bond acceptors (Lipinski definition) is 6. The Kier molecular flexibility index (Phi) is 12.2. The van der Waals surface area contributed by atoms with Crippen LogP contribution in [0.3, 0.4) is 0 Å². The molecule has 0 aromatic carbocycles. The fraction of sp³-hybridized carbons (Fsp3) is 0.429. The summed E-state index contributed by atoms with van der Waals surface area (Å²) >= 11 is 0. The molecule has 0 saturated carbocycles. The van der Waals surface area contributed by atoms with Gasteiger partial charge < -0.3 is 18.9 Å². The van der Waals surface area contributed by atoms with Crippen molar-refractivity contribution in [2.45, 2.75) is 0 Å². The van der Waals surface area contributed by atoms with Gasteiger partial charge in [0.2, 0.25) is 0 Å². The van der Waals surface area contributed by atoms with Crippen LogP contribution in [0, 0.1) is 0 Å². The zero-order chi connectivity index (χ0) is 15.1. The molecule has 20 heavy (non-hydrogen) atoms. The van der Waals surface area contributed by atoms with Crippen LogP contribution in [0.4, 0.5) is 0 Å². The van der Waals surface area contributed by atoms with Gasteiger partial charge in [0, 0.05) is 12.2 Å². The summed E-state index contributed by atoms with van der Waals surface area (Å²) in [4.78, 5) is 22.3. The summed E-state index contributed by atoms with van der Waals surface area (Å²) in [5, 5.41) is 0. The second kappa shape index (κ2) is 13.5. The van der Waals surface area contributed by atoms with Gasteiger partial charge in [-0.05, 0) is 0 Å². The summed E-state index contributed by atoms with van der Waals surface area (Å²) in [6.07, 6.45) is 5.19. The summed E-state index contributed by atoms with van der Waals surface area (Å²) in [7, 11) is 0. The van der Waals surface area contributed by atoms with Crippen LogP contribution in [-0.2, 0) is 28.5 Å². The molecule has 0 atom stereocenters. The Bertz CT molecular complexity index is 303. The smallest absolute Gasteiger partial charge is 0.331 e. The van der Waals surface area contributed by atoms with E-state index < -0.39 is 11.9 Å². The van der Waals surface area contributed by atoms with Gasteiger partial charge in [-0.1, -0.05) is 12.2 Å². The first-order valence-corrected chi connectivity index (χ1v) is 6.09. The number of esters is 2. The first-order chi connectivity index (χ1) is 9.70. The minimum atomic E-state index is -0.632. The van der Waals surface area contributed by atoms with Crippen molar-refractivity contribution in [3.63, 3.8) is 0 Å². The molecule has 0 aliphatic carbocycles. The fourth-order valence-corrected chi connectivity index (χ4v) is 0.968. The first kappa shape index (κ1) is 18.1.